The molecule has 116 valence electrons. The first-order chi connectivity index (χ1) is 9.95. The highest BCUT2D eigenvalue weighted by molar-refractivity contribution is 5.76. The van der Waals surface area contributed by atoms with E-state index in [0.29, 0.717) is 6.54 Å². The number of nitro benzene ring substituents is 1. The van der Waals surface area contributed by atoms with E-state index < -0.39 is 16.4 Å². The first-order valence-corrected chi connectivity index (χ1v) is 6.87. The summed E-state index contributed by atoms with van der Waals surface area (Å²) in [5.41, 5.74) is -0.324. The zero-order chi connectivity index (χ0) is 15.8. The topological polar surface area (TPSA) is 84.3 Å². The van der Waals surface area contributed by atoms with Crippen LogP contribution in [0, 0.1) is 15.9 Å². The highest BCUT2D eigenvalue weighted by Gasteiger charge is 2.16. The lowest BCUT2D eigenvalue weighted by Gasteiger charge is -2.11. The van der Waals surface area contributed by atoms with Crippen LogP contribution in [-0.2, 0) is 11.3 Å². The standard InChI is InChI=1S/C14H20FN3O3/c1-3-10(2)17-13(19)7-8-16-9-11-5-4-6-12(14(11)15)18(20)21/h4-6,10,16H,3,7-9H2,1-2H3,(H,17,19). The van der Waals surface area contributed by atoms with Crippen molar-refractivity contribution in [3.63, 3.8) is 0 Å². The van der Waals surface area contributed by atoms with E-state index in [-0.39, 0.29) is 30.5 Å². The molecule has 21 heavy (non-hydrogen) atoms. The third-order valence-electron chi connectivity index (χ3n) is 3.12. The van der Waals surface area contributed by atoms with Crippen LogP contribution in [0.2, 0.25) is 0 Å². The normalized spacial score (nSPS) is 12.0. The molecule has 1 rings (SSSR count). The predicted octanol–water partition coefficient (Wildman–Crippen LogP) is 2.13. The van der Waals surface area contributed by atoms with Gasteiger partial charge in [0.1, 0.15) is 0 Å². The lowest BCUT2D eigenvalue weighted by molar-refractivity contribution is -0.387. The quantitative estimate of drug-likeness (QED) is 0.437. The molecule has 1 atom stereocenters. The van der Waals surface area contributed by atoms with Gasteiger partial charge in [-0.3, -0.25) is 14.9 Å². The zero-order valence-electron chi connectivity index (χ0n) is 12.2. The van der Waals surface area contributed by atoms with Gasteiger partial charge in [-0.25, -0.2) is 0 Å². The maximum atomic E-state index is 13.8. The Hall–Kier alpha value is -2.02. The van der Waals surface area contributed by atoms with Crippen molar-refractivity contribution in [1.29, 1.82) is 0 Å². The van der Waals surface area contributed by atoms with Crippen molar-refractivity contribution in [2.24, 2.45) is 0 Å². The summed E-state index contributed by atoms with van der Waals surface area (Å²) in [6.07, 6.45) is 1.14. The van der Waals surface area contributed by atoms with Gasteiger partial charge in [-0.15, -0.1) is 0 Å². The number of nitrogens with zero attached hydrogens (tertiary/aromatic N) is 1. The molecule has 1 unspecified atom stereocenters. The molecule has 2 N–H and O–H groups in total. The van der Waals surface area contributed by atoms with Crippen LogP contribution in [0.4, 0.5) is 10.1 Å². The van der Waals surface area contributed by atoms with Crippen molar-refractivity contribution in [2.75, 3.05) is 6.54 Å². The Morgan fingerprint density at radius 2 is 2.19 bits per heavy atom. The Labute approximate surface area is 122 Å². The molecule has 0 bridgehead atoms. The van der Waals surface area contributed by atoms with E-state index in [0.717, 1.165) is 12.5 Å². The van der Waals surface area contributed by atoms with E-state index in [1.165, 1.54) is 12.1 Å². The van der Waals surface area contributed by atoms with Crippen LogP contribution in [0.3, 0.4) is 0 Å². The summed E-state index contributed by atoms with van der Waals surface area (Å²) in [7, 11) is 0. The van der Waals surface area contributed by atoms with Gasteiger partial charge in [-0.05, 0) is 13.3 Å². The fourth-order valence-electron chi connectivity index (χ4n) is 1.72. The van der Waals surface area contributed by atoms with Gasteiger partial charge in [0.15, 0.2) is 0 Å². The van der Waals surface area contributed by atoms with Crippen LogP contribution in [0.25, 0.3) is 0 Å². The molecule has 1 aromatic rings. The summed E-state index contributed by atoms with van der Waals surface area (Å²) >= 11 is 0. The average Bonchev–Trinajstić information content (AvgIpc) is 2.44. The van der Waals surface area contributed by atoms with E-state index in [9.17, 15) is 19.3 Å². The van der Waals surface area contributed by atoms with Crippen molar-refractivity contribution < 1.29 is 14.1 Å². The number of halogens is 1. The molecule has 0 spiro atoms. The van der Waals surface area contributed by atoms with Gasteiger partial charge >= 0.3 is 5.69 Å². The molecule has 0 saturated carbocycles. The van der Waals surface area contributed by atoms with Gasteiger partial charge in [0, 0.05) is 37.2 Å². The van der Waals surface area contributed by atoms with Gasteiger partial charge in [0.2, 0.25) is 11.7 Å². The van der Waals surface area contributed by atoms with Gasteiger partial charge < -0.3 is 10.6 Å². The lowest BCUT2D eigenvalue weighted by Crippen LogP contribution is -2.33. The SMILES string of the molecule is CCC(C)NC(=O)CCNCc1cccc([N+](=O)[O-])c1F. The fourth-order valence-corrected chi connectivity index (χ4v) is 1.72. The minimum absolute atomic E-state index is 0.0728. The second-order valence-corrected chi connectivity index (χ2v) is 4.81. The lowest BCUT2D eigenvalue weighted by atomic mass is 10.2. The maximum absolute atomic E-state index is 13.8. The first-order valence-electron chi connectivity index (χ1n) is 6.87. The Balaban J connectivity index is 2.41. The maximum Gasteiger partial charge on any atom is 0.305 e. The highest BCUT2D eigenvalue weighted by atomic mass is 19.1. The molecule has 1 aromatic carbocycles. The number of amides is 1. The second-order valence-electron chi connectivity index (χ2n) is 4.81. The average molecular weight is 297 g/mol. The number of benzene rings is 1. The van der Waals surface area contributed by atoms with E-state index in [2.05, 4.69) is 10.6 Å². The van der Waals surface area contributed by atoms with Gasteiger partial charge in [0.05, 0.1) is 4.92 Å². The molecule has 1 amide bonds. The van der Waals surface area contributed by atoms with Crippen LogP contribution < -0.4 is 10.6 Å². The van der Waals surface area contributed by atoms with E-state index >= 15 is 0 Å². The number of rotatable bonds is 8. The highest BCUT2D eigenvalue weighted by Crippen LogP contribution is 2.19. The molecule has 0 aromatic heterocycles. The van der Waals surface area contributed by atoms with E-state index in [1.807, 2.05) is 13.8 Å². The largest absolute Gasteiger partial charge is 0.354 e. The number of carbonyl (C=O) groups excluding carboxylic acids is 1. The smallest absolute Gasteiger partial charge is 0.305 e. The first kappa shape index (κ1) is 17.0. The molecular formula is C14H20FN3O3. The Bertz CT molecular complexity index is 508. The molecule has 0 fully saturated rings. The number of nitrogens with one attached hydrogen (secondary N) is 2. The predicted molar refractivity (Wildman–Crippen MR) is 77.3 cm³/mol. The summed E-state index contributed by atoms with van der Waals surface area (Å²) in [6, 6.07) is 4.17. The van der Waals surface area contributed by atoms with Crippen LogP contribution >= 0.6 is 0 Å². The van der Waals surface area contributed by atoms with Crippen LogP contribution in [0.1, 0.15) is 32.3 Å². The third-order valence-corrected chi connectivity index (χ3v) is 3.12. The van der Waals surface area contributed by atoms with Crippen molar-refractivity contribution in [1.82, 2.24) is 10.6 Å². The Morgan fingerprint density at radius 1 is 1.48 bits per heavy atom. The second kappa shape index (κ2) is 8.31. The molecule has 0 aliphatic heterocycles. The monoisotopic (exact) mass is 297 g/mol. The molecule has 0 aliphatic carbocycles. The van der Waals surface area contributed by atoms with Crippen molar-refractivity contribution >= 4 is 11.6 Å². The third kappa shape index (κ3) is 5.47. The number of hydrogen-bond acceptors (Lipinski definition) is 4. The van der Waals surface area contributed by atoms with Gasteiger partial charge in [-0.1, -0.05) is 19.1 Å². The summed E-state index contributed by atoms with van der Waals surface area (Å²) in [5, 5.41) is 16.3. The Morgan fingerprint density at radius 3 is 2.81 bits per heavy atom. The van der Waals surface area contributed by atoms with Crippen LogP contribution in [-0.4, -0.2) is 23.4 Å². The van der Waals surface area contributed by atoms with Crippen LogP contribution in [0.5, 0.6) is 0 Å². The number of hydrogen-bond donors (Lipinski definition) is 2. The van der Waals surface area contributed by atoms with E-state index in [1.54, 1.807) is 0 Å². The summed E-state index contributed by atoms with van der Waals surface area (Å²) in [5.74, 6) is -0.907. The molecular weight excluding hydrogens is 277 g/mol. The summed E-state index contributed by atoms with van der Waals surface area (Å²) < 4.78 is 13.8. The molecule has 6 nitrogen and oxygen atoms in total. The molecule has 0 saturated heterocycles. The summed E-state index contributed by atoms with van der Waals surface area (Å²) in [4.78, 5) is 21.4. The summed E-state index contributed by atoms with van der Waals surface area (Å²) in [6.45, 7) is 4.42. The van der Waals surface area contributed by atoms with Crippen molar-refractivity contribution in [3.05, 3.63) is 39.7 Å². The van der Waals surface area contributed by atoms with Gasteiger partial charge in [-0.2, -0.15) is 4.39 Å². The van der Waals surface area contributed by atoms with Crippen molar-refractivity contribution in [2.45, 2.75) is 39.3 Å². The molecule has 0 aliphatic rings. The van der Waals surface area contributed by atoms with Crippen molar-refractivity contribution in [3.8, 4) is 0 Å². The zero-order valence-corrected chi connectivity index (χ0v) is 12.2. The number of nitro groups is 1. The minimum atomic E-state index is -0.834. The number of carbonyl (C=O) groups is 1. The molecule has 7 heteroatoms. The minimum Gasteiger partial charge on any atom is -0.354 e. The van der Waals surface area contributed by atoms with Gasteiger partial charge in [0.25, 0.3) is 0 Å². The molecule has 0 radical (unpaired) electrons. The van der Waals surface area contributed by atoms with Crippen LogP contribution in [0.15, 0.2) is 18.2 Å². The van der Waals surface area contributed by atoms with E-state index in [4.69, 9.17) is 0 Å². The molecule has 0 heterocycles. The Kier molecular flexibility index (Phi) is 6.74. The fraction of sp³-hybridized carbons (Fsp3) is 0.500.